The van der Waals surface area contributed by atoms with Gasteiger partial charge >= 0.3 is 6.03 Å². The molecule has 27 heavy (non-hydrogen) atoms. The molecule has 6 nitrogen and oxygen atoms in total. The zero-order chi connectivity index (χ0) is 19.4. The van der Waals surface area contributed by atoms with Crippen molar-refractivity contribution in [3.8, 4) is 0 Å². The van der Waals surface area contributed by atoms with Gasteiger partial charge in [-0.3, -0.25) is 19.8 Å². The standard InChI is InChI=1S/C20H24ClN3O3/c1-2-3-10-24-19(26)16(18(25)22-20(24)27)13-14-5-6-17-15(12-14)7-11-23(17)9-4-8-21/h5-6,12-13H,2-4,7-11H2,1H3,(H,22,25,27)/b16-13+. The van der Waals surface area contributed by atoms with E-state index in [9.17, 15) is 14.4 Å². The Balaban J connectivity index is 1.82. The first-order valence-electron chi connectivity index (χ1n) is 9.38. The number of carbonyl (C=O) groups excluding carboxylic acids is 3. The predicted octanol–water partition coefficient (Wildman–Crippen LogP) is 2.94. The fourth-order valence-corrected chi connectivity index (χ4v) is 3.56. The highest BCUT2D eigenvalue weighted by atomic mass is 35.5. The minimum absolute atomic E-state index is 0.00245. The van der Waals surface area contributed by atoms with E-state index in [1.807, 2.05) is 25.1 Å². The predicted molar refractivity (Wildman–Crippen MR) is 106 cm³/mol. The van der Waals surface area contributed by atoms with Gasteiger partial charge in [0.05, 0.1) is 0 Å². The number of carbonyl (C=O) groups is 3. The van der Waals surface area contributed by atoms with Crippen LogP contribution in [0.15, 0.2) is 23.8 Å². The monoisotopic (exact) mass is 389 g/mol. The smallest absolute Gasteiger partial charge is 0.331 e. The lowest BCUT2D eigenvalue weighted by atomic mass is 10.0. The second kappa shape index (κ2) is 8.57. The van der Waals surface area contributed by atoms with Gasteiger partial charge in [-0.15, -0.1) is 11.6 Å². The number of hydrogen-bond acceptors (Lipinski definition) is 4. The minimum Gasteiger partial charge on any atom is -0.371 e. The zero-order valence-corrected chi connectivity index (χ0v) is 16.2. The Labute approximate surface area is 164 Å². The van der Waals surface area contributed by atoms with Gasteiger partial charge in [-0.25, -0.2) is 4.79 Å². The van der Waals surface area contributed by atoms with Crippen LogP contribution in [0.3, 0.4) is 0 Å². The molecule has 1 N–H and O–H groups in total. The molecule has 0 radical (unpaired) electrons. The summed E-state index contributed by atoms with van der Waals surface area (Å²) in [6.45, 7) is 4.16. The number of halogens is 1. The zero-order valence-electron chi connectivity index (χ0n) is 15.5. The number of barbiturate groups is 1. The molecule has 0 aliphatic carbocycles. The molecule has 0 bridgehead atoms. The van der Waals surface area contributed by atoms with Crippen LogP contribution in [0.4, 0.5) is 10.5 Å². The van der Waals surface area contributed by atoms with Gasteiger partial charge in [0.2, 0.25) is 0 Å². The van der Waals surface area contributed by atoms with Crippen molar-refractivity contribution in [2.75, 3.05) is 30.4 Å². The summed E-state index contributed by atoms with van der Waals surface area (Å²) in [6.07, 6.45) is 5.00. The maximum absolute atomic E-state index is 12.6. The quantitative estimate of drug-likeness (QED) is 0.442. The Morgan fingerprint density at radius 1 is 1.19 bits per heavy atom. The fraction of sp³-hybridized carbons (Fsp3) is 0.450. The van der Waals surface area contributed by atoms with Crippen LogP contribution in [0.2, 0.25) is 0 Å². The average molecular weight is 390 g/mol. The molecule has 0 unspecified atom stereocenters. The van der Waals surface area contributed by atoms with E-state index in [1.54, 1.807) is 6.08 Å². The Hall–Kier alpha value is -2.34. The van der Waals surface area contributed by atoms with Crippen molar-refractivity contribution in [1.82, 2.24) is 10.2 Å². The molecular formula is C20H24ClN3O3. The van der Waals surface area contributed by atoms with Crippen LogP contribution in [0.25, 0.3) is 6.08 Å². The van der Waals surface area contributed by atoms with Crippen LogP contribution < -0.4 is 10.2 Å². The molecule has 0 spiro atoms. The number of benzene rings is 1. The number of imide groups is 2. The van der Waals surface area contributed by atoms with Crippen molar-refractivity contribution >= 4 is 41.2 Å². The molecule has 2 aliphatic rings. The van der Waals surface area contributed by atoms with Crippen LogP contribution in [-0.2, 0) is 16.0 Å². The van der Waals surface area contributed by atoms with Crippen molar-refractivity contribution in [2.45, 2.75) is 32.6 Å². The first kappa shape index (κ1) is 19.4. The molecule has 0 aromatic heterocycles. The molecule has 1 aromatic rings. The van der Waals surface area contributed by atoms with E-state index in [-0.39, 0.29) is 5.57 Å². The molecule has 3 rings (SSSR count). The lowest BCUT2D eigenvalue weighted by Crippen LogP contribution is -2.54. The third kappa shape index (κ3) is 4.16. The van der Waals surface area contributed by atoms with Gasteiger partial charge in [0.15, 0.2) is 0 Å². The third-order valence-corrected chi connectivity index (χ3v) is 5.16. The number of anilines is 1. The minimum atomic E-state index is -0.639. The molecule has 0 saturated carbocycles. The van der Waals surface area contributed by atoms with Crippen LogP contribution in [0.5, 0.6) is 0 Å². The Kier molecular flexibility index (Phi) is 6.16. The SMILES string of the molecule is CCCCN1C(=O)NC(=O)/C(=C\c2ccc3c(c2)CCN3CCCCl)C1=O. The van der Waals surface area contributed by atoms with E-state index in [2.05, 4.69) is 10.2 Å². The van der Waals surface area contributed by atoms with Crippen molar-refractivity contribution in [1.29, 1.82) is 0 Å². The van der Waals surface area contributed by atoms with E-state index in [0.717, 1.165) is 42.8 Å². The number of nitrogens with one attached hydrogen (secondary N) is 1. The topological polar surface area (TPSA) is 69.7 Å². The number of nitrogens with zero attached hydrogens (tertiary/aromatic N) is 2. The number of fused-ring (bicyclic) bond motifs is 1. The van der Waals surface area contributed by atoms with Gasteiger partial charge in [0, 0.05) is 31.2 Å². The van der Waals surface area contributed by atoms with Crippen molar-refractivity contribution in [3.05, 3.63) is 34.9 Å². The Morgan fingerprint density at radius 2 is 2.00 bits per heavy atom. The first-order valence-corrected chi connectivity index (χ1v) is 9.91. The molecule has 1 aromatic carbocycles. The molecule has 0 atom stereocenters. The maximum Gasteiger partial charge on any atom is 0.331 e. The van der Waals surface area contributed by atoms with Gasteiger partial charge in [-0.2, -0.15) is 0 Å². The summed E-state index contributed by atoms with van der Waals surface area (Å²) in [4.78, 5) is 40.1. The number of amides is 4. The Morgan fingerprint density at radius 3 is 2.74 bits per heavy atom. The van der Waals surface area contributed by atoms with Crippen molar-refractivity contribution in [2.24, 2.45) is 0 Å². The van der Waals surface area contributed by atoms with E-state index in [4.69, 9.17) is 11.6 Å². The van der Waals surface area contributed by atoms with E-state index >= 15 is 0 Å². The second-order valence-corrected chi connectivity index (χ2v) is 7.17. The summed E-state index contributed by atoms with van der Waals surface area (Å²) < 4.78 is 0. The number of alkyl halides is 1. The molecule has 1 fully saturated rings. The summed E-state index contributed by atoms with van der Waals surface area (Å²) in [5.74, 6) is -0.524. The largest absolute Gasteiger partial charge is 0.371 e. The van der Waals surface area contributed by atoms with Gasteiger partial charge in [0.25, 0.3) is 11.8 Å². The summed E-state index contributed by atoms with van der Waals surface area (Å²) >= 11 is 5.79. The first-order chi connectivity index (χ1) is 13.0. The number of unbranched alkanes of at least 4 members (excludes halogenated alkanes) is 1. The second-order valence-electron chi connectivity index (χ2n) is 6.80. The third-order valence-electron chi connectivity index (χ3n) is 4.89. The number of urea groups is 1. The molecule has 1 saturated heterocycles. The van der Waals surface area contributed by atoms with Gasteiger partial charge < -0.3 is 4.90 Å². The summed E-state index contributed by atoms with van der Waals surface area (Å²) in [5.41, 5.74) is 3.17. The molecule has 2 heterocycles. The van der Waals surface area contributed by atoms with Crippen molar-refractivity contribution < 1.29 is 14.4 Å². The highest BCUT2D eigenvalue weighted by Crippen LogP contribution is 2.30. The summed E-state index contributed by atoms with van der Waals surface area (Å²) in [6, 6.07) is 5.29. The van der Waals surface area contributed by atoms with Crippen molar-refractivity contribution in [3.63, 3.8) is 0 Å². The van der Waals surface area contributed by atoms with Gasteiger partial charge in [0.1, 0.15) is 5.57 Å². The fourth-order valence-electron chi connectivity index (χ4n) is 3.44. The Bertz CT molecular complexity index is 791. The van der Waals surface area contributed by atoms with Gasteiger partial charge in [-0.05, 0) is 48.6 Å². The van der Waals surface area contributed by atoms with Crippen LogP contribution in [0, 0.1) is 0 Å². The molecule has 4 amide bonds. The lowest BCUT2D eigenvalue weighted by molar-refractivity contribution is -0.130. The highest BCUT2D eigenvalue weighted by Gasteiger charge is 2.35. The summed E-state index contributed by atoms with van der Waals surface area (Å²) in [7, 11) is 0. The maximum atomic E-state index is 12.6. The van der Waals surface area contributed by atoms with E-state index < -0.39 is 17.8 Å². The lowest BCUT2D eigenvalue weighted by Gasteiger charge is -2.26. The average Bonchev–Trinajstić information content (AvgIpc) is 3.05. The molecular weight excluding hydrogens is 366 g/mol. The van der Waals surface area contributed by atoms with Crippen LogP contribution in [-0.4, -0.2) is 48.3 Å². The van der Waals surface area contributed by atoms with Crippen LogP contribution >= 0.6 is 11.6 Å². The van der Waals surface area contributed by atoms with E-state index in [0.29, 0.717) is 18.8 Å². The number of rotatable bonds is 7. The van der Waals surface area contributed by atoms with Crippen LogP contribution in [0.1, 0.15) is 37.3 Å². The summed E-state index contributed by atoms with van der Waals surface area (Å²) in [5, 5.41) is 2.26. The molecule has 144 valence electrons. The highest BCUT2D eigenvalue weighted by molar-refractivity contribution is 6.31. The normalized spacial score (nSPS) is 18.3. The molecule has 2 aliphatic heterocycles. The number of hydrogen-bond donors (Lipinski definition) is 1. The molecule has 7 heteroatoms. The van der Waals surface area contributed by atoms with Gasteiger partial charge in [-0.1, -0.05) is 19.4 Å². The van der Waals surface area contributed by atoms with E-state index in [1.165, 1.54) is 11.3 Å².